The van der Waals surface area contributed by atoms with Gasteiger partial charge in [-0.3, -0.25) is 4.98 Å². The van der Waals surface area contributed by atoms with E-state index in [1.165, 1.54) is 5.56 Å². The van der Waals surface area contributed by atoms with E-state index in [-0.39, 0.29) is 0 Å². The number of pyridine rings is 1. The van der Waals surface area contributed by atoms with E-state index < -0.39 is 0 Å². The van der Waals surface area contributed by atoms with E-state index in [2.05, 4.69) is 10.3 Å². The SMILES string of the molecule is C[N]Cc1cccnc1. The van der Waals surface area contributed by atoms with Crippen molar-refractivity contribution in [3.05, 3.63) is 30.1 Å². The summed E-state index contributed by atoms with van der Waals surface area (Å²) >= 11 is 0. The minimum Gasteiger partial charge on any atom is -0.264 e. The molecule has 2 nitrogen and oxygen atoms in total. The monoisotopic (exact) mass is 121 g/mol. The van der Waals surface area contributed by atoms with Crippen molar-refractivity contribution in [2.45, 2.75) is 6.54 Å². The van der Waals surface area contributed by atoms with Gasteiger partial charge in [-0.2, -0.15) is 0 Å². The maximum Gasteiger partial charge on any atom is 0.0396 e. The van der Waals surface area contributed by atoms with E-state index >= 15 is 0 Å². The molecule has 0 N–H and O–H groups in total. The molecule has 0 saturated carbocycles. The molecular weight excluding hydrogens is 112 g/mol. The molecule has 0 unspecified atom stereocenters. The second-order valence-corrected chi connectivity index (χ2v) is 1.84. The zero-order valence-corrected chi connectivity index (χ0v) is 5.41. The van der Waals surface area contributed by atoms with Crippen molar-refractivity contribution in [2.75, 3.05) is 7.05 Å². The molecule has 0 bridgehead atoms. The fourth-order valence-electron chi connectivity index (χ4n) is 0.674. The molecule has 1 radical (unpaired) electrons. The van der Waals surface area contributed by atoms with Gasteiger partial charge in [0.25, 0.3) is 0 Å². The molecule has 0 spiro atoms. The average Bonchev–Trinajstić information content (AvgIpc) is 1.91. The van der Waals surface area contributed by atoms with Gasteiger partial charge in [-0.15, -0.1) is 0 Å². The Bertz CT molecular complexity index is 160. The van der Waals surface area contributed by atoms with Crippen molar-refractivity contribution in [3.63, 3.8) is 0 Å². The minimum absolute atomic E-state index is 0.772. The van der Waals surface area contributed by atoms with Gasteiger partial charge < -0.3 is 0 Å². The van der Waals surface area contributed by atoms with Crippen LogP contribution in [0.5, 0.6) is 0 Å². The van der Waals surface area contributed by atoms with Crippen molar-refractivity contribution < 1.29 is 0 Å². The van der Waals surface area contributed by atoms with Crippen LogP contribution in [0, 0.1) is 0 Å². The number of nitrogens with zero attached hydrogens (tertiary/aromatic N) is 2. The standard InChI is InChI=1S/C7H9N2/c1-8-5-7-3-2-4-9-6-7/h2-4,6H,5H2,1H3. The zero-order valence-electron chi connectivity index (χ0n) is 5.41. The van der Waals surface area contributed by atoms with Crippen LogP contribution in [-0.4, -0.2) is 12.0 Å². The van der Waals surface area contributed by atoms with Crippen molar-refractivity contribution >= 4 is 0 Å². The van der Waals surface area contributed by atoms with Crippen LogP contribution in [0.4, 0.5) is 0 Å². The van der Waals surface area contributed by atoms with Crippen molar-refractivity contribution in [3.8, 4) is 0 Å². The number of aromatic nitrogens is 1. The molecule has 1 aromatic rings. The Balaban J connectivity index is 2.61. The zero-order chi connectivity index (χ0) is 6.53. The highest BCUT2D eigenvalue weighted by molar-refractivity contribution is 5.07. The van der Waals surface area contributed by atoms with Crippen LogP contribution in [-0.2, 0) is 6.54 Å². The predicted molar refractivity (Wildman–Crippen MR) is 36.0 cm³/mol. The average molecular weight is 121 g/mol. The van der Waals surface area contributed by atoms with E-state index in [9.17, 15) is 0 Å². The van der Waals surface area contributed by atoms with Crippen molar-refractivity contribution in [2.24, 2.45) is 0 Å². The first-order chi connectivity index (χ1) is 4.43. The molecule has 1 rings (SSSR count). The maximum atomic E-state index is 3.97. The highest BCUT2D eigenvalue weighted by Crippen LogP contribution is 1.93. The fraction of sp³-hybridized carbons (Fsp3) is 0.286. The Hall–Kier alpha value is -0.890. The van der Waals surface area contributed by atoms with Crippen LogP contribution in [0.25, 0.3) is 0 Å². The fourth-order valence-corrected chi connectivity index (χ4v) is 0.674. The lowest BCUT2D eigenvalue weighted by atomic mass is 10.3. The largest absolute Gasteiger partial charge is 0.264 e. The molecule has 1 heterocycles. The highest BCUT2D eigenvalue weighted by Gasteiger charge is 1.85. The van der Waals surface area contributed by atoms with Crippen molar-refractivity contribution in [1.82, 2.24) is 10.3 Å². The number of hydrogen-bond donors (Lipinski definition) is 0. The molecule has 0 amide bonds. The Morgan fingerprint density at radius 1 is 1.67 bits per heavy atom. The third kappa shape index (κ3) is 1.82. The van der Waals surface area contributed by atoms with E-state index in [1.54, 1.807) is 13.2 Å². The summed E-state index contributed by atoms with van der Waals surface area (Å²) in [7, 11) is 1.80. The van der Waals surface area contributed by atoms with E-state index in [4.69, 9.17) is 0 Å². The number of rotatable bonds is 2. The third-order valence-electron chi connectivity index (χ3n) is 1.06. The van der Waals surface area contributed by atoms with Gasteiger partial charge in [0, 0.05) is 26.0 Å². The molecule has 0 aliphatic carbocycles. The summed E-state index contributed by atoms with van der Waals surface area (Å²) in [5, 5.41) is 3.97. The van der Waals surface area contributed by atoms with Gasteiger partial charge in [-0.25, -0.2) is 5.32 Å². The van der Waals surface area contributed by atoms with Crippen LogP contribution < -0.4 is 5.32 Å². The van der Waals surface area contributed by atoms with Gasteiger partial charge in [0.2, 0.25) is 0 Å². The summed E-state index contributed by atoms with van der Waals surface area (Å²) in [5.74, 6) is 0. The molecule has 9 heavy (non-hydrogen) atoms. The lowest BCUT2D eigenvalue weighted by Gasteiger charge is -1.93. The second kappa shape index (κ2) is 3.20. The van der Waals surface area contributed by atoms with Gasteiger partial charge in [-0.05, 0) is 11.6 Å². The van der Waals surface area contributed by atoms with Gasteiger partial charge >= 0.3 is 0 Å². The Labute approximate surface area is 54.9 Å². The summed E-state index contributed by atoms with van der Waals surface area (Å²) < 4.78 is 0. The first-order valence-corrected chi connectivity index (χ1v) is 2.88. The van der Waals surface area contributed by atoms with Crippen LogP contribution >= 0.6 is 0 Å². The van der Waals surface area contributed by atoms with Crippen LogP contribution in [0.2, 0.25) is 0 Å². The minimum atomic E-state index is 0.772. The van der Waals surface area contributed by atoms with Crippen LogP contribution in [0.3, 0.4) is 0 Å². The van der Waals surface area contributed by atoms with E-state index in [1.807, 2.05) is 18.3 Å². The lowest BCUT2D eigenvalue weighted by molar-refractivity contribution is 0.796. The molecule has 0 atom stereocenters. The van der Waals surface area contributed by atoms with Crippen LogP contribution in [0.1, 0.15) is 5.56 Å². The summed E-state index contributed by atoms with van der Waals surface area (Å²) in [5.41, 5.74) is 1.17. The van der Waals surface area contributed by atoms with Crippen molar-refractivity contribution in [1.29, 1.82) is 0 Å². The maximum absolute atomic E-state index is 3.97. The molecule has 47 valence electrons. The quantitative estimate of drug-likeness (QED) is 0.569. The molecule has 2 heteroatoms. The summed E-state index contributed by atoms with van der Waals surface area (Å²) in [6, 6.07) is 3.93. The van der Waals surface area contributed by atoms with Gasteiger partial charge in [-0.1, -0.05) is 6.07 Å². The summed E-state index contributed by atoms with van der Waals surface area (Å²) in [6.45, 7) is 0.772. The molecule has 0 aromatic carbocycles. The Morgan fingerprint density at radius 3 is 3.11 bits per heavy atom. The molecule has 0 saturated heterocycles. The van der Waals surface area contributed by atoms with E-state index in [0.717, 1.165) is 6.54 Å². The molecular formula is C7H9N2. The molecule has 0 aliphatic rings. The second-order valence-electron chi connectivity index (χ2n) is 1.84. The number of hydrogen-bond acceptors (Lipinski definition) is 1. The Morgan fingerprint density at radius 2 is 2.56 bits per heavy atom. The molecule has 0 fully saturated rings. The summed E-state index contributed by atoms with van der Waals surface area (Å²) in [4.78, 5) is 3.94. The smallest absolute Gasteiger partial charge is 0.0396 e. The van der Waals surface area contributed by atoms with Crippen LogP contribution in [0.15, 0.2) is 24.5 Å². The van der Waals surface area contributed by atoms with Gasteiger partial charge in [0.15, 0.2) is 0 Å². The highest BCUT2D eigenvalue weighted by atomic mass is 14.8. The lowest BCUT2D eigenvalue weighted by Crippen LogP contribution is -1.96. The van der Waals surface area contributed by atoms with Gasteiger partial charge in [0.1, 0.15) is 0 Å². The first kappa shape index (κ1) is 6.23. The molecule has 0 aliphatic heterocycles. The van der Waals surface area contributed by atoms with E-state index in [0.29, 0.717) is 0 Å². The topological polar surface area (TPSA) is 27.0 Å². The van der Waals surface area contributed by atoms with Gasteiger partial charge in [0.05, 0.1) is 0 Å². The molecule has 1 aromatic heterocycles. The predicted octanol–water partition coefficient (Wildman–Crippen LogP) is 0.816. The normalized spacial score (nSPS) is 9.44. The first-order valence-electron chi connectivity index (χ1n) is 2.88. The Kier molecular flexibility index (Phi) is 2.22. The summed E-state index contributed by atoms with van der Waals surface area (Å²) in [6.07, 6.45) is 3.59. The third-order valence-corrected chi connectivity index (χ3v) is 1.06.